The Morgan fingerprint density at radius 2 is 1.81 bits per heavy atom. The summed E-state index contributed by atoms with van der Waals surface area (Å²) in [6.45, 7) is 5.02. The fourth-order valence-corrected chi connectivity index (χ4v) is 3.54. The molecule has 3 rings (SSSR count). The second-order valence-electron chi connectivity index (χ2n) is 5.83. The molecule has 0 aliphatic rings. The molecule has 0 saturated carbocycles. The van der Waals surface area contributed by atoms with E-state index in [-0.39, 0.29) is 10.7 Å². The number of rotatable bonds is 7. The monoisotopic (exact) mass is 371 g/mol. The van der Waals surface area contributed by atoms with Gasteiger partial charge in [-0.3, -0.25) is 9.40 Å². The maximum Gasteiger partial charge on any atom is 0.263 e. The molecule has 0 atom stereocenters. The standard InChI is InChI=1S/C19H21N3O3S/c1-3-25-17-8-10-18(11-9-17)26(23,24)21-19-12-13-22(20-19)14-16-7-5-4-6-15(16)2/h4-13H,3,14H2,1-2H3,(H,20,21). The molecule has 6 nitrogen and oxygen atoms in total. The summed E-state index contributed by atoms with van der Waals surface area (Å²) in [6, 6.07) is 16.0. The number of aromatic nitrogens is 2. The first-order valence-corrected chi connectivity index (χ1v) is 9.80. The van der Waals surface area contributed by atoms with E-state index in [0.29, 0.717) is 18.9 Å². The van der Waals surface area contributed by atoms with Gasteiger partial charge in [-0.25, -0.2) is 8.42 Å². The van der Waals surface area contributed by atoms with E-state index in [1.54, 1.807) is 29.1 Å². The smallest absolute Gasteiger partial charge is 0.263 e. The lowest BCUT2D eigenvalue weighted by molar-refractivity contribution is 0.340. The van der Waals surface area contributed by atoms with Crippen LogP contribution in [0.15, 0.2) is 65.7 Å². The molecule has 0 aliphatic heterocycles. The number of anilines is 1. The summed E-state index contributed by atoms with van der Waals surface area (Å²) in [5.74, 6) is 0.918. The molecule has 7 heteroatoms. The zero-order valence-electron chi connectivity index (χ0n) is 14.7. The Bertz CT molecular complexity index is 979. The largest absolute Gasteiger partial charge is 0.494 e. The number of hydrogen-bond acceptors (Lipinski definition) is 4. The minimum Gasteiger partial charge on any atom is -0.494 e. The summed E-state index contributed by atoms with van der Waals surface area (Å²) >= 11 is 0. The average Bonchev–Trinajstić information content (AvgIpc) is 3.04. The van der Waals surface area contributed by atoms with Gasteiger partial charge in [-0.1, -0.05) is 24.3 Å². The predicted octanol–water partition coefficient (Wildman–Crippen LogP) is 3.44. The van der Waals surface area contributed by atoms with Crippen LogP contribution >= 0.6 is 0 Å². The molecular formula is C19H21N3O3S. The van der Waals surface area contributed by atoms with Gasteiger partial charge in [-0.2, -0.15) is 5.10 Å². The number of sulfonamides is 1. The highest BCUT2D eigenvalue weighted by atomic mass is 32.2. The lowest BCUT2D eigenvalue weighted by Crippen LogP contribution is -2.14. The van der Waals surface area contributed by atoms with Crippen molar-refractivity contribution in [1.29, 1.82) is 0 Å². The van der Waals surface area contributed by atoms with Crippen LogP contribution in [0.4, 0.5) is 5.82 Å². The molecule has 136 valence electrons. The van der Waals surface area contributed by atoms with Gasteiger partial charge in [0.25, 0.3) is 10.0 Å². The van der Waals surface area contributed by atoms with E-state index in [2.05, 4.69) is 9.82 Å². The summed E-state index contributed by atoms with van der Waals surface area (Å²) in [7, 11) is -3.69. The van der Waals surface area contributed by atoms with E-state index >= 15 is 0 Å². The molecule has 2 aromatic carbocycles. The number of aryl methyl sites for hydroxylation is 1. The van der Waals surface area contributed by atoms with E-state index in [1.807, 2.05) is 38.1 Å². The predicted molar refractivity (Wildman–Crippen MR) is 101 cm³/mol. The average molecular weight is 371 g/mol. The minimum atomic E-state index is -3.69. The molecule has 0 aliphatic carbocycles. The highest BCUT2D eigenvalue weighted by molar-refractivity contribution is 7.92. The number of ether oxygens (including phenoxy) is 1. The van der Waals surface area contributed by atoms with Crippen LogP contribution in [0.1, 0.15) is 18.1 Å². The van der Waals surface area contributed by atoms with Crippen molar-refractivity contribution >= 4 is 15.8 Å². The first-order valence-electron chi connectivity index (χ1n) is 8.31. The molecule has 0 saturated heterocycles. The van der Waals surface area contributed by atoms with Gasteiger partial charge in [0.2, 0.25) is 0 Å². The Balaban J connectivity index is 1.72. The van der Waals surface area contributed by atoms with Crippen molar-refractivity contribution in [2.24, 2.45) is 0 Å². The highest BCUT2D eigenvalue weighted by Crippen LogP contribution is 2.19. The van der Waals surface area contributed by atoms with Crippen LogP contribution in [0.5, 0.6) is 5.75 Å². The van der Waals surface area contributed by atoms with Crippen LogP contribution in [0, 0.1) is 6.92 Å². The zero-order chi connectivity index (χ0) is 18.6. The fourth-order valence-electron chi connectivity index (χ4n) is 2.54. The Kier molecular flexibility index (Phi) is 5.27. The molecule has 0 spiro atoms. The molecule has 1 aromatic heterocycles. The van der Waals surface area contributed by atoms with Crippen LogP contribution in [0.2, 0.25) is 0 Å². The Morgan fingerprint density at radius 3 is 2.50 bits per heavy atom. The van der Waals surface area contributed by atoms with Gasteiger partial charge in [0, 0.05) is 12.3 Å². The van der Waals surface area contributed by atoms with E-state index in [1.165, 1.54) is 17.7 Å². The second kappa shape index (κ2) is 7.61. The molecule has 1 heterocycles. The number of hydrogen-bond donors (Lipinski definition) is 1. The van der Waals surface area contributed by atoms with E-state index < -0.39 is 10.0 Å². The van der Waals surface area contributed by atoms with Crippen molar-refractivity contribution in [2.45, 2.75) is 25.3 Å². The minimum absolute atomic E-state index is 0.161. The molecule has 26 heavy (non-hydrogen) atoms. The number of nitrogens with zero attached hydrogens (tertiary/aromatic N) is 2. The van der Waals surface area contributed by atoms with Crippen LogP contribution in [-0.4, -0.2) is 24.8 Å². The van der Waals surface area contributed by atoms with E-state index in [9.17, 15) is 8.42 Å². The lowest BCUT2D eigenvalue weighted by Gasteiger charge is -2.08. The summed E-state index contributed by atoms with van der Waals surface area (Å²) < 4.78 is 34.5. The topological polar surface area (TPSA) is 73.2 Å². The summed E-state index contributed by atoms with van der Waals surface area (Å²) in [5.41, 5.74) is 2.30. The highest BCUT2D eigenvalue weighted by Gasteiger charge is 2.15. The summed E-state index contributed by atoms with van der Waals surface area (Å²) in [4.78, 5) is 0.161. The Hall–Kier alpha value is -2.80. The fraction of sp³-hybridized carbons (Fsp3) is 0.211. The van der Waals surface area contributed by atoms with Gasteiger partial charge in [-0.15, -0.1) is 0 Å². The van der Waals surface area contributed by atoms with Crippen molar-refractivity contribution < 1.29 is 13.2 Å². The number of benzene rings is 2. The van der Waals surface area contributed by atoms with Crippen LogP contribution < -0.4 is 9.46 Å². The molecule has 0 amide bonds. The molecule has 0 unspecified atom stereocenters. The third kappa shape index (κ3) is 4.23. The quantitative estimate of drug-likeness (QED) is 0.690. The lowest BCUT2D eigenvalue weighted by atomic mass is 10.1. The number of nitrogens with one attached hydrogen (secondary N) is 1. The van der Waals surface area contributed by atoms with Crippen molar-refractivity contribution in [2.75, 3.05) is 11.3 Å². The summed E-state index contributed by atoms with van der Waals surface area (Å²) in [5, 5.41) is 4.31. The van der Waals surface area contributed by atoms with Crippen molar-refractivity contribution in [3.63, 3.8) is 0 Å². The van der Waals surface area contributed by atoms with Gasteiger partial charge in [0.1, 0.15) is 5.75 Å². The van der Waals surface area contributed by atoms with Gasteiger partial charge in [0.05, 0.1) is 18.0 Å². The van der Waals surface area contributed by atoms with Crippen LogP contribution in [0.3, 0.4) is 0 Å². The van der Waals surface area contributed by atoms with Gasteiger partial charge in [-0.05, 0) is 49.2 Å². The van der Waals surface area contributed by atoms with Gasteiger partial charge < -0.3 is 4.74 Å². The van der Waals surface area contributed by atoms with E-state index in [0.717, 1.165) is 5.56 Å². The van der Waals surface area contributed by atoms with Crippen molar-refractivity contribution in [3.05, 3.63) is 71.9 Å². The molecule has 1 N–H and O–H groups in total. The second-order valence-corrected chi connectivity index (χ2v) is 7.52. The molecular weight excluding hydrogens is 350 g/mol. The van der Waals surface area contributed by atoms with Gasteiger partial charge in [0.15, 0.2) is 5.82 Å². The first-order chi connectivity index (χ1) is 12.5. The molecule has 0 fully saturated rings. The van der Waals surface area contributed by atoms with Crippen LogP contribution in [0.25, 0.3) is 0 Å². The van der Waals surface area contributed by atoms with Gasteiger partial charge >= 0.3 is 0 Å². The van der Waals surface area contributed by atoms with Crippen LogP contribution in [-0.2, 0) is 16.6 Å². The first kappa shape index (κ1) is 18.0. The molecule has 3 aromatic rings. The van der Waals surface area contributed by atoms with Crippen molar-refractivity contribution in [1.82, 2.24) is 9.78 Å². The maximum atomic E-state index is 12.5. The zero-order valence-corrected chi connectivity index (χ0v) is 15.5. The van der Waals surface area contributed by atoms with E-state index in [4.69, 9.17) is 4.74 Å². The molecule has 0 bridgehead atoms. The maximum absolute atomic E-state index is 12.5. The third-order valence-corrected chi connectivity index (χ3v) is 5.29. The third-order valence-electron chi connectivity index (χ3n) is 3.92. The summed E-state index contributed by atoms with van der Waals surface area (Å²) in [6.07, 6.45) is 1.75. The van der Waals surface area contributed by atoms with Crippen molar-refractivity contribution in [3.8, 4) is 5.75 Å². The Morgan fingerprint density at radius 1 is 1.08 bits per heavy atom. The normalized spacial score (nSPS) is 11.3. The Labute approximate surface area is 153 Å². The SMILES string of the molecule is CCOc1ccc(S(=O)(=O)Nc2ccn(Cc3ccccc3C)n2)cc1. The molecule has 0 radical (unpaired) electrons.